The first-order valence-electron chi connectivity index (χ1n) is 9.06. The first-order valence-corrected chi connectivity index (χ1v) is 9.06. The van der Waals surface area contributed by atoms with Crippen LogP contribution in [0.25, 0.3) is 6.08 Å². The monoisotopic (exact) mass is 384 g/mol. The number of rotatable bonds is 5. The molecule has 0 unspecified atom stereocenters. The SMILES string of the molecule is COc1ccc(/C=C(\C)C(=O)N2CCN(C(=O)c3ccco3)CC2)cc1OC. The van der Waals surface area contributed by atoms with Crippen LogP contribution in [0.2, 0.25) is 0 Å². The number of methoxy groups -OCH3 is 2. The molecule has 2 aromatic rings. The Balaban J connectivity index is 1.63. The number of furan rings is 1. The van der Waals surface area contributed by atoms with Gasteiger partial charge < -0.3 is 23.7 Å². The van der Waals surface area contributed by atoms with E-state index in [2.05, 4.69) is 0 Å². The minimum atomic E-state index is -0.144. The van der Waals surface area contributed by atoms with Gasteiger partial charge in [-0.15, -0.1) is 0 Å². The van der Waals surface area contributed by atoms with Crippen LogP contribution >= 0.6 is 0 Å². The molecule has 0 atom stereocenters. The molecule has 148 valence electrons. The van der Waals surface area contributed by atoms with Crippen LogP contribution in [-0.4, -0.2) is 62.0 Å². The number of piperazine rings is 1. The molecule has 0 radical (unpaired) electrons. The number of carbonyl (C=O) groups is 2. The summed E-state index contributed by atoms with van der Waals surface area (Å²) in [5.41, 5.74) is 1.48. The zero-order valence-electron chi connectivity index (χ0n) is 16.3. The van der Waals surface area contributed by atoms with Crippen molar-refractivity contribution in [2.24, 2.45) is 0 Å². The smallest absolute Gasteiger partial charge is 0.289 e. The van der Waals surface area contributed by atoms with E-state index in [1.807, 2.05) is 18.2 Å². The lowest BCUT2D eigenvalue weighted by Crippen LogP contribution is -2.50. The van der Waals surface area contributed by atoms with Gasteiger partial charge >= 0.3 is 0 Å². The summed E-state index contributed by atoms with van der Waals surface area (Å²) in [4.78, 5) is 28.6. The van der Waals surface area contributed by atoms with Crippen molar-refractivity contribution in [3.63, 3.8) is 0 Å². The maximum absolute atomic E-state index is 12.8. The average Bonchev–Trinajstić information content (AvgIpc) is 3.27. The topological polar surface area (TPSA) is 72.2 Å². The number of hydrogen-bond acceptors (Lipinski definition) is 5. The van der Waals surface area contributed by atoms with E-state index >= 15 is 0 Å². The van der Waals surface area contributed by atoms with E-state index in [0.717, 1.165) is 5.56 Å². The summed E-state index contributed by atoms with van der Waals surface area (Å²) in [5.74, 6) is 1.39. The van der Waals surface area contributed by atoms with Crippen LogP contribution < -0.4 is 9.47 Å². The van der Waals surface area contributed by atoms with Gasteiger partial charge in [-0.05, 0) is 42.8 Å². The van der Waals surface area contributed by atoms with Crippen LogP contribution in [0.4, 0.5) is 0 Å². The van der Waals surface area contributed by atoms with E-state index in [1.165, 1.54) is 6.26 Å². The Kier molecular flexibility index (Phi) is 6.03. The summed E-state index contributed by atoms with van der Waals surface area (Å²) in [5, 5.41) is 0. The molecule has 2 heterocycles. The van der Waals surface area contributed by atoms with Crippen molar-refractivity contribution in [3.8, 4) is 11.5 Å². The van der Waals surface area contributed by atoms with Gasteiger partial charge in [-0.3, -0.25) is 9.59 Å². The first-order chi connectivity index (χ1) is 13.5. The molecule has 1 aromatic carbocycles. The number of hydrogen-bond donors (Lipinski definition) is 0. The molecule has 2 amide bonds. The van der Waals surface area contributed by atoms with Crippen molar-refractivity contribution in [3.05, 3.63) is 53.5 Å². The summed E-state index contributed by atoms with van der Waals surface area (Å²) in [6, 6.07) is 8.85. The standard InChI is InChI=1S/C21H24N2O5/c1-15(13-16-6-7-17(26-2)19(14-16)27-3)20(24)22-8-10-23(11-9-22)21(25)18-5-4-12-28-18/h4-7,12-14H,8-11H2,1-3H3/b15-13+. The molecule has 0 aliphatic carbocycles. The second kappa shape index (κ2) is 8.65. The molecule has 3 rings (SSSR count). The van der Waals surface area contributed by atoms with E-state index < -0.39 is 0 Å². The summed E-state index contributed by atoms with van der Waals surface area (Å²) in [6.45, 7) is 3.73. The van der Waals surface area contributed by atoms with Gasteiger partial charge in [0.05, 0.1) is 20.5 Å². The number of nitrogens with zero attached hydrogens (tertiary/aromatic N) is 2. The predicted molar refractivity (Wildman–Crippen MR) is 104 cm³/mol. The van der Waals surface area contributed by atoms with Gasteiger partial charge in [-0.1, -0.05) is 6.07 Å². The van der Waals surface area contributed by atoms with Gasteiger partial charge in [0.25, 0.3) is 5.91 Å². The molecule has 1 aromatic heterocycles. The van der Waals surface area contributed by atoms with Crippen molar-refractivity contribution < 1.29 is 23.5 Å². The molecule has 0 N–H and O–H groups in total. The minimum Gasteiger partial charge on any atom is -0.493 e. The Morgan fingerprint density at radius 1 is 1.00 bits per heavy atom. The van der Waals surface area contributed by atoms with Crippen LogP contribution in [0, 0.1) is 0 Å². The molecular formula is C21H24N2O5. The number of amides is 2. The van der Waals surface area contributed by atoms with Gasteiger partial charge in [0.15, 0.2) is 17.3 Å². The molecule has 1 saturated heterocycles. The zero-order valence-corrected chi connectivity index (χ0v) is 16.3. The summed E-state index contributed by atoms with van der Waals surface area (Å²) < 4.78 is 15.7. The van der Waals surface area contributed by atoms with Crippen LogP contribution in [-0.2, 0) is 4.79 Å². The third-order valence-electron chi connectivity index (χ3n) is 4.71. The highest BCUT2D eigenvalue weighted by molar-refractivity contribution is 5.97. The fourth-order valence-electron chi connectivity index (χ4n) is 3.17. The Morgan fingerprint density at radius 2 is 1.68 bits per heavy atom. The van der Waals surface area contributed by atoms with E-state index in [4.69, 9.17) is 13.9 Å². The van der Waals surface area contributed by atoms with Crippen LogP contribution in [0.3, 0.4) is 0 Å². The molecule has 0 spiro atoms. The highest BCUT2D eigenvalue weighted by Gasteiger charge is 2.26. The second-order valence-corrected chi connectivity index (χ2v) is 6.50. The largest absolute Gasteiger partial charge is 0.493 e. The van der Waals surface area contributed by atoms with Crippen LogP contribution in [0.1, 0.15) is 23.0 Å². The molecule has 28 heavy (non-hydrogen) atoms. The Bertz CT molecular complexity index is 865. The molecule has 1 aliphatic rings. The van der Waals surface area contributed by atoms with E-state index in [1.54, 1.807) is 49.1 Å². The third-order valence-corrected chi connectivity index (χ3v) is 4.71. The fourth-order valence-corrected chi connectivity index (χ4v) is 3.17. The summed E-state index contributed by atoms with van der Waals surface area (Å²) in [7, 11) is 3.16. The molecule has 1 aliphatic heterocycles. The van der Waals surface area contributed by atoms with Gasteiger partial charge in [0, 0.05) is 31.8 Å². The normalized spacial score (nSPS) is 14.8. The van der Waals surface area contributed by atoms with Gasteiger partial charge in [0.2, 0.25) is 5.91 Å². The van der Waals surface area contributed by atoms with Crippen molar-refractivity contribution >= 4 is 17.9 Å². The van der Waals surface area contributed by atoms with E-state index in [9.17, 15) is 9.59 Å². The fraction of sp³-hybridized carbons (Fsp3) is 0.333. The molecular weight excluding hydrogens is 360 g/mol. The highest BCUT2D eigenvalue weighted by atomic mass is 16.5. The van der Waals surface area contributed by atoms with Crippen molar-refractivity contribution in [2.45, 2.75) is 6.92 Å². The quantitative estimate of drug-likeness (QED) is 0.741. The lowest BCUT2D eigenvalue weighted by molar-refractivity contribution is -0.128. The summed E-state index contributed by atoms with van der Waals surface area (Å²) >= 11 is 0. The van der Waals surface area contributed by atoms with Crippen LogP contribution in [0.15, 0.2) is 46.6 Å². The Hall–Kier alpha value is -3.22. The number of benzene rings is 1. The summed E-state index contributed by atoms with van der Waals surface area (Å²) in [6.07, 6.45) is 3.31. The number of carbonyl (C=O) groups excluding carboxylic acids is 2. The van der Waals surface area contributed by atoms with E-state index in [0.29, 0.717) is 49.0 Å². The van der Waals surface area contributed by atoms with Crippen molar-refractivity contribution in [1.29, 1.82) is 0 Å². The molecule has 0 bridgehead atoms. The maximum atomic E-state index is 12.8. The van der Waals surface area contributed by atoms with Crippen molar-refractivity contribution in [2.75, 3.05) is 40.4 Å². The molecule has 1 fully saturated rings. The van der Waals surface area contributed by atoms with Gasteiger partial charge in [-0.25, -0.2) is 0 Å². The zero-order chi connectivity index (χ0) is 20.1. The van der Waals surface area contributed by atoms with Gasteiger partial charge in [0.1, 0.15) is 0 Å². The lowest BCUT2D eigenvalue weighted by Gasteiger charge is -2.34. The highest BCUT2D eigenvalue weighted by Crippen LogP contribution is 2.28. The number of ether oxygens (including phenoxy) is 2. The minimum absolute atomic E-state index is 0.0418. The Morgan fingerprint density at radius 3 is 2.29 bits per heavy atom. The van der Waals surface area contributed by atoms with E-state index in [-0.39, 0.29) is 11.8 Å². The molecule has 7 nitrogen and oxygen atoms in total. The predicted octanol–water partition coefficient (Wildman–Crippen LogP) is 2.68. The third kappa shape index (κ3) is 4.19. The van der Waals surface area contributed by atoms with Crippen molar-refractivity contribution in [1.82, 2.24) is 9.80 Å². The molecule has 7 heteroatoms. The first kappa shape index (κ1) is 19.5. The average molecular weight is 384 g/mol. The molecule has 0 saturated carbocycles. The maximum Gasteiger partial charge on any atom is 0.289 e. The lowest BCUT2D eigenvalue weighted by atomic mass is 10.1. The van der Waals surface area contributed by atoms with Gasteiger partial charge in [-0.2, -0.15) is 0 Å². The Labute approximate surface area is 164 Å². The van der Waals surface area contributed by atoms with Crippen LogP contribution in [0.5, 0.6) is 11.5 Å². The second-order valence-electron chi connectivity index (χ2n) is 6.50.